The van der Waals surface area contributed by atoms with Crippen LogP contribution in [-0.4, -0.2) is 16.5 Å². The van der Waals surface area contributed by atoms with Crippen molar-refractivity contribution in [2.75, 3.05) is 12.3 Å². The van der Waals surface area contributed by atoms with Gasteiger partial charge in [0.15, 0.2) is 0 Å². The molecule has 0 aliphatic rings. The molecule has 0 unspecified atom stereocenters. The number of ether oxygens (including phenoxy) is 1. The fraction of sp³-hybridized carbons (Fsp3) is 0.100. The van der Waals surface area contributed by atoms with E-state index in [0.717, 1.165) is 0 Å². The van der Waals surface area contributed by atoms with Crippen molar-refractivity contribution in [3.05, 3.63) is 70.3 Å². The predicted octanol–water partition coefficient (Wildman–Crippen LogP) is 4.18. The van der Waals surface area contributed by atoms with Gasteiger partial charge in [-0.3, -0.25) is 10.1 Å². The van der Waals surface area contributed by atoms with Gasteiger partial charge in [-0.25, -0.2) is 4.98 Å². The number of nitriles is 1. The van der Waals surface area contributed by atoms with Crippen LogP contribution >= 0.6 is 0 Å². The van der Waals surface area contributed by atoms with Gasteiger partial charge in [0.25, 0.3) is 5.69 Å². The number of nitro benzene ring substituents is 1. The largest absolute Gasteiger partial charge is 0.493 e. The van der Waals surface area contributed by atoms with Crippen LogP contribution in [-0.2, 0) is 0 Å². The standard InChI is InChI=1S/C20H16N4O3/c1-2-27-19-10-6-4-7-13(19)15-11-17(23-20(22)16(15)12-21)14-8-3-5-9-18(14)24(25)26/h3-11H,2H2,1H3,(H2,22,23). The lowest BCUT2D eigenvalue weighted by Crippen LogP contribution is -2.02. The molecule has 2 N–H and O–H groups in total. The molecule has 0 aliphatic carbocycles. The van der Waals surface area contributed by atoms with E-state index in [1.165, 1.54) is 6.07 Å². The van der Waals surface area contributed by atoms with Gasteiger partial charge in [0.05, 0.1) is 22.8 Å². The average Bonchev–Trinajstić information content (AvgIpc) is 2.68. The Bertz CT molecular complexity index is 1060. The monoisotopic (exact) mass is 360 g/mol. The Morgan fingerprint density at radius 2 is 1.81 bits per heavy atom. The van der Waals surface area contributed by atoms with Crippen molar-refractivity contribution in [1.82, 2.24) is 4.98 Å². The molecule has 0 saturated carbocycles. The number of aromatic nitrogens is 1. The summed E-state index contributed by atoms with van der Waals surface area (Å²) in [6, 6.07) is 17.2. The smallest absolute Gasteiger partial charge is 0.278 e. The fourth-order valence-corrected chi connectivity index (χ4v) is 2.85. The topological polar surface area (TPSA) is 115 Å². The molecule has 0 atom stereocenters. The lowest BCUT2D eigenvalue weighted by molar-refractivity contribution is -0.384. The molecule has 0 amide bonds. The fourth-order valence-electron chi connectivity index (χ4n) is 2.85. The van der Waals surface area contributed by atoms with E-state index >= 15 is 0 Å². The number of nitrogen functional groups attached to an aromatic ring is 1. The molecule has 27 heavy (non-hydrogen) atoms. The van der Waals surface area contributed by atoms with Gasteiger partial charge >= 0.3 is 0 Å². The zero-order valence-electron chi connectivity index (χ0n) is 14.5. The molecule has 2 aromatic carbocycles. The van der Waals surface area contributed by atoms with Gasteiger partial charge in [0, 0.05) is 17.2 Å². The van der Waals surface area contributed by atoms with Gasteiger partial charge in [-0.2, -0.15) is 5.26 Å². The number of rotatable bonds is 5. The summed E-state index contributed by atoms with van der Waals surface area (Å²) < 4.78 is 5.66. The maximum Gasteiger partial charge on any atom is 0.278 e. The second-order valence-corrected chi connectivity index (χ2v) is 5.63. The minimum atomic E-state index is -0.473. The molecular weight excluding hydrogens is 344 g/mol. The second-order valence-electron chi connectivity index (χ2n) is 5.63. The van der Waals surface area contributed by atoms with Crippen LogP contribution in [0.2, 0.25) is 0 Å². The van der Waals surface area contributed by atoms with E-state index in [9.17, 15) is 15.4 Å². The normalized spacial score (nSPS) is 10.2. The number of hydrogen-bond acceptors (Lipinski definition) is 6. The number of anilines is 1. The minimum Gasteiger partial charge on any atom is -0.493 e. The van der Waals surface area contributed by atoms with Crippen LogP contribution in [0.4, 0.5) is 11.5 Å². The molecule has 0 saturated heterocycles. The number of nitro groups is 1. The first kappa shape index (κ1) is 17.9. The number of nitrogens with zero attached hydrogens (tertiary/aromatic N) is 3. The van der Waals surface area contributed by atoms with E-state index in [-0.39, 0.29) is 17.1 Å². The van der Waals surface area contributed by atoms with Crippen LogP contribution in [0.1, 0.15) is 12.5 Å². The quantitative estimate of drug-likeness (QED) is 0.539. The van der Waals surface area contributed by atoms with E-state index in [1.54, 1.807) is 30.3 Å². The highest BCUT2D eigenvalue weighted by atomic mass is 16.6. The summed E-state index contributed by atoms with van der Waals surface area (Å²) in [5, 5.41) is 20.9. The second kappa shape index (κ2) is 7.54. The van der Waals surface area contributed by atoms with E-state index in [1.807, 2.05) is 25.1 Å². The average molecular weight is 360 g/mol. The molecule has 0 radical (unpaired) electrons. The molecule has 0 aliphatic heterocycles. The number of nitrogens with two attached hydrogens (primary N) is 1. The summed E-state index contributed by atoms with van der Waals surface area (Å²) >= 11 is 0. The van der Waals surface area contributed by atoms with Gasteiger partial charge in [-0.1, -0.05) is 30.3 Å². The van der Waals surface area contributed by atoms with Crippen molar-refractivity contribution in [3.63, 3.8) is 0 Å². The van der Waals surface area contributed by atoms with Crippen LogP contribution < -0.4 is 10.5 Å². The third-order valence-corrected chi connectivity index (χ3v) is 4.01. The van der Waals surface area contributed by atoms with Gasteiger partial charge < -0.3 is 10.5 Å². The molecule has 0 fully saturated rings. The van der Waals surface area contributed by atoms with E-state index in [4.69, 9.17) is 10.5 Å². The van der Waals surface area contributed by atoms with Crippen LogP contribution in [0.3, 0.4) is 0 Å². The Morgan fingerprint density at radius 1 is 1.15 bits per heavy atom. The first-order valence-corrected chi connectivity index (χ1v) is 8.23. The summed E-state index contributed by atoms with van der Waals surface area (Å²) in [6.45, 7) is 2.32. The van der Waals surface area contributed by atoms with Gasteiger partial charge in [0.2, 0.25) is 0 Å². The molecular formula is C20H16N4O3. The van der Waals surface area contributed by atoms with E-state index in [2.05, 4.69) is 11.1 Å². The van der Waals surface area contributed by atoms with Crippen LogP contribution in [0.25, 0.3) is 22.4 Å². The number of benzene rings is 2. The Morgan fingerprint density at radius 3 is 2.48 bits per heavy atom. The van der Waals surface area contributed by atoms with Crippen molar-refractivity contribution in [2.45, 2.75) is 6.92 Å². The number of pyridine rings is 1. The highest BCUT2D eigenvalue weighted by molar-refractivity contribution is 5.84. The van der Waals surface area contributed by atoms with Crippen LogP contribution in [0.5, 0.6) is 5.75 Å². The minimum absolute atomic E-state index is 0.00875. The predicted molar refractivity (Wildman–Crippen MR) is 102 cm³/mol. The molecule has 7 nitrogen and oxygen atoms in total. The summed E-state index contributed by atoms with van der Waals surface area (Å²) in [5.74, 6) is 0.602. The van der Waals surface area contributed by atoms with E-state index in [0.29, 0.717) is 34.7 Å². The molecule has 1 heterocycles. The lowest BCUT2D eigenvalue weighted by atomic mass is 9.97. The van der Waals surface area contributed by atoms with Crippen molar-refractivity contribution in [3.8, 4) is 34.2 Å². The molecule has 3 aromatic rings. The summed E-state index contributed by atoms with van der Waals surface area (Å²) in [7, 11) is 0. The van der Waals surface area contributed by atoms with Gasteiger partial charge in [-0.05, 0) is 25.1 Å². The maximum absolute atomic E-state index is 11.4. The summed E-state index contributed by atoms with van der Waals surface area (Å²) in [6.07, 6.45) is 0. The van der Waals surface area contributed by atoms with Crippen LogP contribution in [0, 0.1) is 21.4 Å². The summed E-state index contributed by atoms with van der Waals surface area (Å²) in [5.41, 5.74) is 7.96. The van der Waals surface area contributed by atoms with Crippen molar-refractivity contribution in [1.29, 1.82) is 5.26 Å². The molecule has 0 bridgehead atoms. The number of hydrogen-bond donors (Lipinski definition) is 1. The SMILES string of the molecule is CCOc1ccccc1-c1cc(-c2ccccc2[N+](=O)[O-])nc(N)c1C#N. The number of para-hydroxylation sites is 2. The highest BCUT2D eigenvalue weighted by Gasteiger charge is 2.20. The lowest BCUT2D eigenvalue weighted by Gasteiger charge is -2.14. The third kappa shape index (κ3) is 3.41. The zero-order valence-corrected chi connectivity index (χ0v) is 14.5. The highest BCUT2D eigenvalue weighted by Crippen LogP contribution is 2.38. The van der Waals surface area contributed by atoms with Crippen molar-refractivity contribution in [2.24, 2.45) is 0 Å². The third-order valence-electron chi connectivity index (χ3n) is 4.01. The molecule has 134 valence electrons. The van der Waals surface area contributed by atoms with Crippen LogP contribution in [0.15, 0.2) is 54.6 Å². The Balaban J connectivity index is 2.29. The first-order chi connectivity index (χ1) is 13.1. The van der Waals surface area contributed by atoms with Crippen molar-refractivity contribution >= 4 is 11.5 Å². The molecule has 7 heteroatoms. The molecule has 3 rings (SSSR count). The zero-order chi connectivity index (χ0) is 19.4. The maximum atomic E-state index is 11.4. The van der Waals surface area contributed by atoms with Gasteiger partial charge in [-0.15, -0.1) is 0 Å². The Kier molecular flexibility index (Phi) is 4.99. The Labute approximate surface area is 155 Å². The summed E-state index contributed by atoms with van der Waals surface area (Å²) in [4.78, 5) is 15.1. The molecule has 1 aromatic heterocycles. The molecule has 0 spiro atoms. The van der Waals surface area contributed by atoms with Crippen molar-refractivity contribution < 1.29 is 9.66 Å². The van der Waals surface area contributed by atoms with E-state index < -0.39 is 4.92 Å². The Hall–Kier alpha value is -3.92. The first-order valence-electron chi connectivity index (χ1n) is 8.23. The van der Waals surface area contributed by atoms with Gasteiger partial charge in [0.1, 0.15) is 23.2 Å².